The number of rotatable bonds is 4. The van der Waals surface area contributed by atoms with Gasteiger partial charge in [-0.1, -0.05) is 12.1 Å². The van der Waals surface area contributed by atoms with E-state index >= 15 is 0 Å². The summed E-state index contributed by atoms with van der Waals surface area (Å²) >= 11 is 1.48. The van der Waals surface area contributed by atoms with E-state index in [1.165, 1.54) is 28.9 Å². The lowest BCUT2D eigenvalue weighted by Crippen LogP contribution is -2.11. The van der Waals surface area contributed by atoms with E-state index in [9.17, 15) is 9.00 Å². The number of hydrogen-bond acceptors (Lipinski definition) is 4. The van der Waals surface area contributed by atoms with Crippen LogP contribution in [0.1, 0.15) is 32.8 Å². The first-order chi connectivity index (χ1) is 13.0. The number of hydrogen-bond donors (Lipinski definition) is 1. The first-order valence-corrected chi connectivity index (χ1v) is 11.2. The van der Waals surface area contributed by atoms with E-state index in [0.29, 0.717) is 15.6 Å². The summed E-state index contributed by atoms with van der Waals surface area (Å²) in [6.07, 6.45) is 5.14. The molecule has 0 saturated heterocycles. The maximum atomic E-state index is 12.5. The molecule has 0 unspecified atom stereocenters. The Morgan fingerprint density at radius 2 is 1.85 bits per heavy atom. The SMILES string of the molecule is Cc1sc(NC(=O)c2ccc([S@](C)=O)cc2)nc1-c1ccc2c(c1)CCC2. The molecular formula is C21H20N2O2S2. The van der Waals surface area contributed by atoms with E-state index in [1.54, 1.807) is 30.5 Å². The molecule has 4 rings (SSSR count). The molecule has 0 bridgehead atoms. The van der Waals surface area contributed by atoms with Crippen molar-refractivity contribution < 1.29 is 9.00 Å². The molecule has 0 spiro atoms. The number of aromatic nitrogens is 1. The zero-order valence-electron chi connectivity index (χ0n) is 15.2. The maximum Gasteiger partial charge on any atom is 0.257 e. The second-order valence-corrected chi connectivity index (χ2v) is 9.28. The van der Waals surface area contributed by atoms with E-state index in [2.05, 4.69) is 28.5 Å². The van der Waals surface area contributed by atoms with Crippen molar-refractivity contribution >= 4 is 33.2 Å². The van der Waals surface area contributed by atoms with E-state index in [1.807, 2.05) is 6.92 Å². The van der Waals surface area contributed by atoms with Gasteiger partial charge in [0.25, 0.3) is 5.91 Å². The van der Waals surface area contributed by atoms with Crippen LogP contribution in [-0.2, 0) is 23.6 Å². The predicted molar refractivity (Wildman–Crippen MR) is 111 cm³/mol. The molecule has 0 saturated carbocycles. The number of nitrogens with one attached hydrogen (secondary N) is 1. The van der Waals surface area contributed by atoms with Crippen LogP contribution in [0.3, 0.4) is 0 Å². The zero-order chi connectivity index (χ0) is 19.0. The highest BCUT2D eigenvalue weighted by atomic mass is 32.2. The summed E-state index contributed by atoms with van der Waals surface area (Å²) in [6, 6.07) is 13.4. The molecule has 4 nitrogen and oxygen atoms in total. The van der Waals surface area contributed by atoms with Crippen molar-refractivity contribution in [3.63, 3.8) is 0 Å². The van der Waals surface area contributed by atoms with Crippen LogP contribution < -0.4 is 5.32 Å². The maximum absolute atomic E-state index is 12.5. The molecule has 138 valence electrons. The zero-order valence-corrected chi connectivity index (χ0v) is 16.9. The summed E-state index contributed by atoms with van der Waals surface area (Å²) in [6.45, 7) is 2.03. The van der Waals surface area contributed by atoms with Gasteiger partial charge >= 0.3 is 0 Å². The van der Waals surface area contributed by atoms with Gasteiger partial charge in [-0.05, 0) is 67.6 Å². The molecule has 3 aromatic rings. The van der Waals surface area contributed by atoms with E-state index in [0.717, 1.165) is 29.0 Å². The number of anilines is 1. The summed E-state index contributed by atoms with van der Waals surface area (Å²) in [5, 5.41) is 3.48. The van der Waals surface area contributed by atoms with Crippen molar-refractivity contribution in [2.45, 2.75) is 31.1 Å². The number of carbonyl (C=O) groups is 1. The second kappa shape index (κ2) is 7.37. The highest BCUT2D eigenvalue weighted by Gasteiger charge is 2.16. The van der Waals surface area contributed by atoms with Crippen molar-refractivity contribution in [3.8, 4) is 11.3 Å². The first kappa shape index (κ1) is 18.1. The van der Waals surface area contributed by atoms with Crippen molar-refractivity contribution in [2.75, 3.05) is 11.6 Å². The fraction of sp³-hybridized carbons (Fsp3) is 0.238. The van der Waals surface area contributed by atoms with Gasteiger partial charge in [0.2, 0.25) is 0 Å². The van der Waals surface area contributed by atoms with Crippen LogP contribution in [0.4, 0.5) is 5.13 Å². The Morgan fingerprint density at radius 3 is 2.59 bits per heavy atom. The summed E-state index contributed by atoms with van der Waals surface area (Å²) in [5.74, 6) is -0.210. The number of aryl methyl sites for hydroxylation is 3. The van der Waals surface area contributed by atoms with Crippen LogP contribution in [0, 0.1) is 6.92 Å². The normalized spacial score (nSPS) is 14.0. The van der Waals surface area contributed by atoms with Crippen molar-refractivity contribution in [1.82, 2.24) is 4.98 Å². The molecule has 1 aliphatic carbocycles. The van der Waals surface area contributed by atoms with Gasteiger partial charge < -0.3 is 0 Å². The van der Waals surface area contributed by atoms with Gasteiger partial charge in [-0.3, -0.25) is 14.3 Å². The van der Waals surface area contributed by atoms with Gasteiger partial charge in [-0.15, -0.1) is 11.3 Å². The lowest BCUT2D eigenvalue weighted by atomic mass is 10.0. The lowest BCUT2D eigenvalue weighted by Gasteiger charge is -2.04. The van der Waals surface area contributed by atoms with Crippen molar-refractivity contribution in [2.24, 2.45) is 0 Å². The first-order valence-electron chi connectivity index (χ1n) is 8.86. The Bertz CT molecular complexity index is 1040. The second-order valence-electron chi connectivity index (χ2n) is 6.69. The summed E-state index contributed by atoms with van der Waals surface area (Å²) in [4.78, 5) is 18.9. The third kappa shape index (κ3) is 3.73. The third-order valence-corrected chi connectivity index (χ3v) is 6.66. The van der Waals surface area contributed by atoms with Crippen LogP contribution in [0.5, 0.6) is 0 Å². The fourth-order valence-corrected chi connectivity index (χ4v) is 4.75. The van der Waals surface area contributed by atoms with E-state index in [-0.39, 0.29) is 5.91 Å². The summed E-state index contributed by atoms with van der Waals surface area (Å²) in [7, 11) is -1.05. The number of thiazole rings is 1. The van der Waals surface area contributed by atoms with Crippen LogP contribution >= 0.6 is 11.3 Å². The van der Waals surface area contributed by atoms with E-state index in [4.69, 9.17) is 0 Å². The topological polar surface area (TPSA) is 59.1 Å². The van der Waals surface area contributed by atoms with Crippen LogP contribution in [0.2, 0.25) is 0 Å². The average Bonchev–Trinajstić information content (AvgIpc) is 3.27. The molecule has 1 atom stereocenters. The molecular weight excluding hydrogens is 376 g/mol. The molecule has 6 heteroatoms. The fourth-order valence-electron chi connectivity index (χ4n) is 3.40. The molecule has 0 fully saturated rings. The monoisotopic (exact) mass is 396 g/mol. The van der Waals surface area contributed by atoms with Crippen LogP contribution in [0.25, 0.3) is 11.3 Å². The predicted octanol–water partition coefficient (Wildman–Crippen LogP) is 4.60. The molecule has 1 aliphatic rings. The molecule has 0 aliphatic heterocycles. The minimum absolute atomic E-state index is 0.210. The number of benzene rings is 2. The van der Waals surface area contributed by atoms with Crippen LogP contribution in [0.15, 0.2) is 47.4 Å². The highest BCUT2D eigenvalue weighted by molar-refractivity contribution is 7.84. The molecule has 1 heterocycles. The molecule has 0 radical (unpaired) electrons. The average molecular weight is 397 g/mol. The quantitative estimate of drug-likeness (QED) is 0.701. The Balaban J connectivity index is 1.54. The Hall–Kier alpha value is -2.31. The van der Waals surface area contributed by atoms with Crippen LogP contribution in [-0.4, -0.2) is 21.4 Å². The summed E-state index contributed by atoms with van der Waals surface area (Å²) < 4.78 is 11.5. The lowest BCUT2D eigenvalue weighted by molar-refractivity contribution is 0.102. The molecule has 1 N–H and O–H groups in total. The molecule has 1 aromatic heterocycles. The van der Waals surface area contributed by atoms with Crippen molar-refractivity contribution in [1.29, 1.82) is 0 Å². The Labute approximate surface area is 165 Å². The highest BCUT2D eigenvalue weighted by Crippen LogP contribution is 2.33. The number of carbonyl (C=O) groups excluding carboxylic acids is 1. The Kier molecular flexibility index (Phi) is 4.93. The minimum Gasteiger partial charge on any atom is -0.298 e. The van der Waals surface area contributed by atoms with Gasteiger partial charge in [0.05, 0.1) is 5.69 Å². The standard InChI is InChI=1S/C21H20N2O2S2/c1-13-19(17-7-6-14-4-3-5-16(14)12-17)22-21(26-13)23-20(24)15-8-10-18(11-9-15)27(2)25/h6-12H,3-5H2,1-2H3,(H,22,23,24)/t27-/m0/s1. The molecule has 2 aromatic carbocycles. The molecule has 1 amide bonds. The van der Waals surface area contributed by atoms with E-state index < -0.39 is 10.8 Å². The Morgan fingerprint density at radius 1 is 1.11 bits per heavy atom. The van der Waals surface area contributed by atoms with Gasteiger partial charge in [-0.2, -0.15) is 0 Å². The number of nitrogens with zero attached hydrogens (tertiary/aromatic N) is 1. The molecule has 27 heavy (non-hydrogen) atoms. The largest absolute Gasteiger partial charge is 0.298 e. The van der Waals surface area contributed by atoms with Gasteiger partial charge in [0.15, 0.2) is 5.13 Å². The number of amides is 1. The van der Waals surface area contributed by atoms with Gasteiger partial charge in [0, 0.05) is 38.0 Å². The smallest absolute Gasteiger partial charge is 0.257 e. The third-order valence-electron chi connectivity index (χ3n) is 4.84. The van der Waals surface area contributed by atoms with Crippen molar-refractivity contribution in [3.05, 3.63) is 64.0 Å². The van der Waals surface area contributed by atoms with Gasteiger partial charge in [-0.25, -0.2) is 4.98 Å². The minimum atomic E-state index is -1.05. The van der Waals surface area contributed by atoms with Gasteiger partial charge in [0.1, 0.15) is 0 Å². The summed E-state index contributed by atoms with van der Waals surface area (Å²) in [5.41, 5.74) is 5.42. The number of fused-ring (bicyclic) bond motifs is 1.